The zero-order valence-corrected chi connectivity index (χ0v) is 8.41. The lowest BCUT2D eigenvalue weighted by Crippen LogP contribution is -1.97. The number of nitriles is 1. The van der Waals surface area contributed by atoms with E-state index in [-0.39, 0.29) is 22.1 Å². The Bertz CT molecular complexity index is 428. The van der Waals surface area contributed by atoms with Crippen molar-refractivity contribution in [1.82, 2.24) is 0 Å². The largest absolute Gasteiger partial charge is 0.274 e. The third kappa shape index (κ3) is 1.88. The smallest absolute Gasteiger partial charge is 0.258 e. The predicted octanol–water partition coefficient (Wildman–Crippen LogP) is 2.56. The van der Waals surface area contributed by atoms with Crippen molar-refractivity contribution < 1.29 is 9.31 Å². The van der Waals surface area contributed by atoms with E-state index in [2.05, 4.69) is 15.9 Å². The Morgan fingerprint density at radius 1 is 1.64 bits per heavy atom. The van der Waals surface area contributed by atoms with Gasteiger partial charge in [0.2, 0.25) is 0 Å². The van der Waals surface area contributed by atoms with Crippen LogP contribution in [-0.2, 0) is 6.42 Å². The van der Waals surface area contributed by atoms with Crippen LogP contribution in [0, 0.1) is 27.3 Å². The number of rotatable bonds is 2. The molecule has 0 aliphatic rings. The maximum atomic E-state index is 13.0. The molecular formula is C8H4BrFN2O2. The number of hydrogen-bond acceptors (Lipinski definition) is 3. The molecule has 0 radical (unpaired) electrons. The summed E-state index contributed by atoms with van der Waals surface area (Å²) in [6, 6.07) is 3.78. The molecule has 0 saturated heterocycles. The van der Waals surface area contributed by atoms with Gasteiger partial charge in [0.05, 0.1) is 27.4 Å². The zero-order chi connectivity index (χ0) is 10.7. The molecule has 1 aromatic carbocycles. The molecule has 0 aromatic heterocycles. The van der Waals surface area contributed by atoms with E-state index in [9.17, 15) is 14.5 Å². The summed E-state index contributed by atoms with van der Waals surface area (Å²) in [6.45, 7) is 0. The second-order valence-corrected chi connectivity index (χ2v) is 3.24. The van der Waals surface area contributed by atoms with E-state index in [1.165, 1.54) is 0 Å². The predicted molar refractivity (Wildman–Crippen MR) is 50.1 cm³/mol. The van der Waals surface area contributed by atoms with Crippen LogP contribution in [0.1, 0.15) is 5.56 Å². The Hall–Kier alpha value is -1.48. The van der Waals surface area contributed by atoms with Gasteiger partial charge in [-0.2, -0.15) is 5.26 Å². The molecule has 1 aromatic rings. The van der Waals surface area contributed by atoms with Gasteiger partial charge in [0, 0.05) is 6.07 Å². The highest BCUT2D eigenvalue weighted by atomic mass is 79.9. The van der Waals surface area contributed by atoms with Gasteiger partial charge < -0.3 is 0 Å². The summed E-state index contributed by atoms with van der Waals surface area (Å²) in [5.74, 6) is -0.610. The van der Waals surface area contributed by atoms with E-state index in [1.807, 2.05) is 0 Å². The average molecular weight is 259 g/mol. The first-order chi connectivity index (χ1) is 6.57. The molecule has 0 heterocycles. The molecule has 0 N–H and O–H groups in total. The lowest BCUT2D eigenvalue weighted by Gasteiger charge is -2.01. The lowest BCUT2D eigenvalue weighted by atomic mass is 10.1. The molecule has 0 bridgehead atoms. The molecule has 0 spiro atoms. The SMILES string of the molecule is N#CCc1c([N+](=O)[O-])ccc(F)c1Br. The van der Waals surface area contributed by atoms with Crippen molar-refractivity contribution in [3.63, 3.8) is 0 Å². The van der Waals surface area contributed by atoms with Crippen molar-refractivity contribution >= 4 is 21.6 Å². The van der Waals surface area contributed by atoms with E-state index < -0.39 is 10.7 Å². The molecule has 0 aliphatic heterocycles. The van der Waals surface area contributed by atoms with E-state index in [0.717, 1.165) is 12.1 Å². The van der Waals surface area contributed by atoms with Crippen LogP contribution in [-0.4, -0.2) is 4.92 Å². The Morgan fingerprint density at radius 2 is 2.29 bits per heavy atom. The maximum Gasteiger partial charge on any atom is 0.274 e. The standard InChI is InChI=1S/C8H4BrFN2O2/c9-8-5(3-4-11)7(12(13)14)2-1-6(8)10/h1-2H,3H2. The van der Waals surface area contributed by atoms with Crippen molar-refractivity contribution in [2.45, 2.75) is 6.42 Å². The fourth-order valence-corrected chi connectivity index (χ4v) is 1.48. The molecule has 6 heteroatoms. The van der Waals surface area contributed by atoms with Crippen molar-refractivity contribution in [3.8, 4) is 6.07 Å². The molecule has 0 fully saturated rings. The van der Waals surface area contributed by atoms with Crippen LogP contribution in [0.2, 0.25) is 0 Å². The molecule has 14 heavy (non-hydrogen) atoms. The Balaban J connectivity index is 3.39. The van der Waals surface area contributed by atoms with E-state index in [4.69, 9.17) is 5.26 Å². The third-order valence-electron chi connectivity index (χ3n) is 1.62. The quantitative estimate of drug-likeness (QED) is 0.605. The van der Waals surface area contributed by atoms with Crippen LogP contribution in [0.15, 0.2) is 16.6 Å². The van der Waals surface area contributed by atoms with E-state index >= 15 is 0 Å². The number of nitro benzene ring substituents is 1. The molecule has 0 aliphatic carbocycles. The Kier molecular flexibility index (Phi) is 3.14. The average Bonchev–Trinajstić information content (AvgIpc) is 2.13. The monoisotopic (exact) mass is 258 g/mol. The minimum atomic E-state index is -0.642. The van der Waals surface area contributed by atoms with E-state index in [1.54, 1.807) is 6.07 Å². The Morgan fingerprint density at radius 3 is 2.79 bits per heavy atom. The lowest BCUT2D eigenvalue weighted by molar-refractivity contribution is -0.385. The molecule has 1 rings (SSSR count). The zero-order valence-electron chi connectivity index (χ0n) is 6.83. The molecule has 72 valence electrons. The van der Waals surface area contributed by atoms with Gasteiger partial charge in [-0.25, -0.2) is 4.39 Å². The second-order valence-electron chi connectivity index (χ2n) is 2.45. The summed E-state index contributed by atoms with van der Waals surface area (Å²) in [5, 5.41) is 18.9. The van der Waals surface area contributed by atoms with Crippen LogP contribution >= 0.6 is 15.9 Å². The van der Waals surface area contributed by atoms with Crippen molar-refractivity contribution in [2.75, 3.05) is 0 Å². The number of benzene rings is 1. The van der Waals surface area contributed by atoms with Gasteiger partial charge in [-0.05, 0) is 22.0 Å². The molecule has 0 unspecified atom stereocenters. The van der Waals surface area contributed by atoms with Crippen LogP contribution in [0.4, 0.5) is 10.1 Å². The highest BCUT2D eigenvalue weighted by Crippen LogP contribution is 2.29. The minimum absolute atomic E-state index is 0.0201. The number of halogens is 2. The van der Waals surface area contributed by atoms with Crippen LogP contribution in [0.3, 0.4) is 0 Å². The second kappa shape index (κ2) is 4.15. The van der Waals surface area contributed by atoms with Gasteiger partial charge in [0.1, 0.15) is 5.82 Å². The number of nitrogens with zero attached hydrogens (tertiary/aromatic N) is 2. The number of nitro groups is 1. The van der Waals surface area contributed by atoms with Gasteiger partial charge in [0.15, 0.2) is 0 Å². The van der Waals surface area contributed by atoms with Crippen LogP contribution in [0.25, 0.3) is 0 Å². The highest BCUT2D eigenvalue weighted by molar-refractivity contribution is 9.10. The highest BCUT2D eigenvalue weighted by Gasteiger charge is 2.18. The molecule has 0 atom stereocenters. The van der Waals surface area contributed by atoms with E-state index in [0.29, 0.717) is 0 Å². The first-order valence-corrected chi connectivity index (χ1v) is 4.35. The summed E-state index contributed by atoms with van der Waals surface area (Å²) >= 11 is 2.87. The van der Waals surface area contributed by atoms with Gasteiger partial charge in [-0.3, -0.25) is 10.1 Å². The number of hydrogen-bond donors (Lipinski definition) is 0. The topological polar surface area (TPSA) is 66.9 Å². The molecular weight excluding hydrogens is 255 g/mol. The minimum Gasteiger partial charge on any atom is -0.258 e. The van der Waals surface area contributed by atoms with Crippen molar-refractivity contribution in [2.24, 2.45) is 0 Å². The summed E-state index contributed by atoms with van der Waals surface area (Å²) in [4.78, 5) is 9.87. The normalized spacial score (nSPS) is 9.50. The van der Waals surface area contributed by atoms with Gasteiger partial charge >= 0.3 is 0 Å². The van der Waals surface area contributed by atoms with Crippen molar-refractivity contribution in [1.29, 1.82) is 5.26 Å². The van der Waals surface area contributed by atoms with Gasteiger partial charge in [-0.1, -0.05) is 0 Å². The van der Waals surface area contributed by atoms with Crippen LogP contribution in [0.5, 0.6) is 0 Å². The summed E-state index contributed by atoms with van der Waals surface area (Å²) in [6.07, 6.45) is -0.200. The fraction of sp³-hybridized carbons (Fsp3) is 0.125. The third-order valence-corrected chi connectivity index (χ3v) is 2.48. The van der Waals surface area contributed by atoms with Crippen molar-refractivity contribution in [3.05, 3.63) is 38.1 Å². The summed E-state index contributed by atoms with van der Waals surface area (Å²) in [5.41, 5.74) is -0.183. The molecule has 0 saturated carbocycles. The Labute approximate surface area is 87.2 Å². The van der Waals surface area contributed by atoms with Gasteiger partial charge in [0.25, 0.3) is 5.69 Å². The maximum absolute atomic E-state index is 13.0. The molecule has 0 amide bonds. The van der Waals surface area contributed by atoms with Crippen LogP contribution < -0.4 is 0 Å². The summed E-state index contributed by atoms with van der Waals surface area (Å²) < 4.78 is 12.9. The summed E-state index contributed by atoms with van der Waals surface area (Å²) in [7, 11) is 0. The fourth-order valence-electron chi connectivity index (χ4n) is 1.00. The molecule has 4 nitrogen and oxygen atoms in total. The first-order valence-electron chi connectivity index (χ1n) is 3.56. The first kappa shape index (κ1) is 10.6. The van der Waals surface area contributed by atoms with Gasteiger partial charge in [-0.15, -0.1) is 0 Å².